The molecular weight excluding hydrogens is 311 g/mol. The fourth-order valence-electron chi connectivity index (χ4n) is 2.01. The van der Waals surface area contributed by atoms with E-state index in [1.165, 1.54) is 24.2 Å². The monoisotopic (exact) mass is 326 g/mol. The quantitative estimate of drug-likeness (QED) is 0.795. The molecule has 6 heteroatoms. The summed E-state index contributed by atoms with van der Waals surface area (Å²) < 4.78 is 22.1. The van der Waals surface area contributed by atoms with Crippen LogP contribution in [0.1, 0.15) is 18.1 Å². The van der Waals surface area contributed by atoms with Crippen molar-refractivity contribution in [2.75, 3.05) is 11.8 Å². The maximum Gasteiger partial charge on any atom is 0.228 e. The first-order valence-corrected chi connectivity index (χ1v) is 7.66. The molecule has 0 radical (unpaired) electrons. The lowest BCUT2D eigenvalue weighted by molar-refractivity contribution is 0.387. The number of halogens is 2. The second-order valence-electron chi connectivity index (χ2n) is 4.42. The van der Waals surface area contributed by atoms with Gasteiger partial charge in [-0.2, -0.15) is 0 Å². The van der Waals surface area contributed by atoms with E-state index in [0.717, 1.165) is 21.7 Å². The van der Waals surface area contributed by atoms with Crippen molar-refractivity contribution in [2.24, 2.45) is 0 Å². The maximum atomic E-state index is 13.7. The van der Waals surface area contributed by atoms with Gasteiger partial charge in [0, 0.05) is 11.9 Å². The summed E-state index contributed by atoms with van der Waals surface area (Å²) in [6, 6.07) is 4.97. The third-order valence-electron chi connectivity index (χ3n) is 3.14. The molecule has 0 atom stereocenters. The van der Waals surface area contributed by atoms with E-state index in [1.54, 1.807) is 19.2 Å². The van der Waals surface area contributed by atoms with E-state index in [1.807, 2.05) is 13.8 Å². The standard InChI is InChI=1S/C15H16ClFN2OS/c1-4-11-9(2)13(6-5-12(11)17)19-21-14-7-10(16)8-18-15(14)20-3/h5-8,19H,4H2,1-3H3. The number of nitrogens with one attached hydrogen (secondary N) is 1. The zero-order valence-corrected chi connectivity index (χ0v) is 13.6. The van der Waals surface area contributed by atoms with Crippen LogP contribution in [0.15, 0.2) is 29.3 Å². The molecule has 0 amide bonds. The summed E-state index contributed by atoms with van der Waals surface area (Å²) in [4.78, 5) is 4.87. The molecule has 1 aromatic carbocycles. The third kappa shape index (κ3) is 3.60. The summed E-state index contributed by atoms with van der Waals surface area (Å²) in [5.41, 5.74) is 2.48. The molecule has 0 spiro atoms. The number of pyridine rings is 1. The molecule has 1 aromatic heterocycles. The van der Waals surface area contributed by atoms with Crippen molar-refractivity contribution in [3.05, 3.63) is 46.4 Å². The first-order valence-electron chi connectivity index (χ1n) is 6.47. The zero-order valence-electron chi connectivity index (χ0n) is 12.0. The molecule has 0 fully saturated rings. The molecule has 0 saturated heterocycles. The molecule has 21 heavy (non-hydrogen) atoms. The molecular formula is C15H16ClFN2OS. The number of hydrogen-bond acceptors (Lipinski definition) is 4. The van der Waals surface area contributed by atoms with Crippen molar-refractivity contribution in [3.63, 3.8) is 0 Å². The van der Waals surface area contributed by atoms with Crippen molar-refractivity contribution < 1.29 is 9.13 Å². The molecule has 112 valence electrons. The summed E-state index contributed by atoms with van der Waals surface area (Å²) in [7, 11) is 1.55. The predicted octanol–water partition coefficient (Wildman–Crippen LogP) is 4.87. The number of ether oxygens (including phenoxy) is 1. The van der Waals surface area contributed by atoms with Gasteiger partial charge in [0.05, 0.1) is 17.0 Å². The van der Waals surface area contributed by atoms with Crippen LogP contribution in [0.25, 0.3) is 0 Å². The largest absolute Gasteiger partial charge is 0.480 e. The Morgan fingerprint density at radius 2 is 2.19 bits per heavy atom. The van der Waals surface area contributed by atoms with Gasteiger partial charge in [0.25, 0.3) is 0 Å². The average Bonchev–Trinajstić information content (AvgIpc) is 2.47. The molecule has 2 rings (SSSR count). The van der Waals surface area contributed by atoms with E-state index in [0.29, 0.717) is 17.3 Å². The van der Waals surface area contributed by atoms with Gasteiger partial charge in [0.2, 0.25) is 5.88 Å². The van der Waals surface area contributed by atoms with Gasteiger partial charge in [-0.1, -0.05) is 18.5 Å². The minimum absolute atomic E-state index is 0.174. The van der Waals surface area contributed by atoms with E-state index >= 15 is 0 Å². The summed E-state index contributed by atoms with van der Waals surface area (Å²) in [6.07, 6.45) is 2.18. The van der Waals surface area contributed by atoms with Crippen molar-refractivity contribution in [3.8, 4) is 5.88 Å². The highest BCUT2D eigenvalue weighted by Gasteiger charge is 2.11. The Labute approximate surface area is 133 Å². The number of nitrogens with zero attached hydrogens (tertiary/aromatic N) is 1. The van der Waals surface area contributed by atoms with Gasteiger partial charge in [-0.15, -0.1) is 0 Å². The topological polar surface area (TPSA) is 34.2 Å². The second kappa shape index (κ2) is 7.00. The van der Waals surface area contributed by atoms with Crippen molar-refractivity contribution in [1.29, 1.82) is 0 Å². The van der Waals surface area contributed by atoms with E-state index in [2.05, 4.69) is 9.71 Å². The van der Waals surface area contributed by atoms with Crippen LogP contribution in [0, 0.1) is 12.7 Å². The first-order chi connectivity index (χ1) is 10.1. The van der Waals surface area contributed by atoms with Crippen molar-refractivity contribution >= 4 is 29.2 Å². The van der Waals surface area contributed by atoms with Gasteiger partial charge in [-0.3, -0.25) is 0 Å². The van der Waals surface area contributed by atoms with Gasteiger partial charge in [-0.25, -0.2) is 9.37 Å². The van der Waals surface area contributed by atoms with Crippen LogP contribution in [0.2, 0.25) is 5.02 Å². The fraction of sp³-hybridized carbons (Fsp3) is 0.267. The summed E-state index contributed by atoms with van der Waals surface area (Å²) in [5, 5.41) is 0.533. The smallest absolute Gasteiger partial charge is 0.228 e. The first kappa shape index (κ1) is 15.9. The fourth-order valence-corrected chi connectivity index (χ4v) is 3.09. The van der Waals surface area contributed by atoms with Crippen LogP contribution in [-0.4, -0.2) is 12.1 Å². The average molecular weight is 327 g/mol. The molecule has 1 heterocycles. The predicted molar refractivity (Wildman–Crippen MR) is 85.8 cm³/mol. The molecule has 0 bridgehead atoms. The second-order valence-corrected chi connectivity index (χ2v) is 5.70. The Bertz CT molecular complexity index is 652. The SMILES string of the molecule is CCc1c(F)ccc(NSc2cc(Cl)cnc2OC)c1C. The molecule has 0 aliphatic heterocycles. The zero-order chi connectivity index (χ0) is 15.4. The number of methoxy groups -OCH3 is 1. The van der Waals surface area contributed by atoms with Gasteiger partial charge >= 0.3 is 0 Å². The molecule has 1 N–H and O–H groups in total. The number of anilines is 1. The molecule has 0 saturated carbocycles. The highest BCUT2D eigenvalue weighted by molar-refractivity contribution is 8.00. The lowest BCUT2D eigenvalue weighted by Crippen LogP contribution is -1.99. The normalized spacial score (nSPS) is 10.5. The minimum atomic E-state index is -0.174. The number of hydrogen-bond donors (Lipinski definition) is 1. The molecule has 0 unspecified atom stereocenters. The van der Waals surface area contributed by atoms with Crippen LogP contribution in [0.3, 0.4) is 0 Å². The molecule has 0 aliphatic carbocycles. The van der Waals surface area contributed by atoms with Crippen LogP contribution < -0.4 is 9.46 Å². The highest BCUT2D eigenvalue weighted by atomic mass is 35.5. The van der Waals surface area contributed by atoms with Crippen LogP contribution in [0.5, 0.6) is 5.88 Å². The van der Waals surface area contributed by atoms with Gasteiger partial charge in [0.15, 0.2) is 0 Å². The van der Waals surface area contributed by atoms with E-state index in [4.69, 9.17) is 16.3 Å². The number of aromatic nitrogens is 1. The number of benzene rings is 1. The Hall–Kier alpha value is -1.46. The summed E-state index contributed by atoms with van der Waals surface area (Å²) >= 11 is 7.28. The van der Waals surface area contributed by atoms with Gasteiger partial charge in [-0.05, 0) is 54.6 Å². The van der Waals surface area contributed by atoms with E-state index in [-0.39, 0.29) is 5.82 Å². The van der Waals surface area contributed by atoms with Gasteiger partial charge < -0.3 is 9.46 Å². The highest BCUT2D eigenvalue weighted by Crippen LogP contribution is 2.32. The van der Waals surface area contributed by atoms with E-state index in [9.17, 15) is 4.39 Å². The molecule has 2 aromatic rings. The lowest BCUT2D eigenvalue weighted by atomic mass is 10.0. The van der Waals surface area contributed by atoms with Crippen LogP contribution in [0.4, 0.5) is 10.1 Å². The third-order valence-corrected chi connectivity index (χ3v) is 4.19. The Balaban J connectivity index is 2.23. The molecule has 0 aliphatic rings. The van der Waals surface area contributed by atoms with Gasteiger partial charge in [0.1, 0.15) is 5.82 Å². The maximum absolute atomic E-state index is 13.7. The Morgan fingerprint density at radius 3 is 2.86 bits per heavy atom. The van der Waals surface area contributed by atoms with Crippen LogP contribution in [-0.2, 0) is 6.42 Å². The summed E-state index contributed by atoms with van der Waals surface area (Å²) in [5.74, 6) is 0.319. The van der Waals surface area contributed by atoms with Crippen molar-refractivity contribution in [1.82, 2.24) is 4.98 Å². The Morgan fingerprint density at radius 1 is 1.43 bits per heavy atom. The summed E-state index contributed by atoms with van der Waals surface area (Å²) in [6.45, 7) is 3.84. The Kier molecular flexibility index (Phi) is 5.31. The van der Waals surface area contributed by atoms with Crippen molar-refractivity contribution in [2.45, 2.75) is 25.2 Å². The molecule has 3 nitrogen and oxygen atoms in total. The minimum Gasteiger partial charge on any atom is -0.480 e. The van der Waals surface area contributed by atoms with Crippen LogP contribution >= 0.6 is 23.5 Å². The van der Waals surface area contributed by atoms with E-state index < -0.39 is 0 Å². The number of rotatable bonds is 5. The lowest BCUT2D eigenvalue weighted by Gasteiger charge is -2.13.